The van der Waals surface area contributed by atoms with Crippen molar-refractivity contribution < 1.29 is 0 Å². The van der Waals surface area contributed by atoms with E-state index in [0.717, 1.165) is 40.2 Å². The molecular formula is C21H21ClN4S. The highest BCUT2D eigenvalue weighted by Crippen LogP contribution is 2.39. The molecular weight excluding hydrogens is 376 g/mol. The zero-order valence-electron chi connectivity index (χ0n) is 15.0. The van der Waals surface area contributed by atoms with E-state index in [1.165, 1.54) is 0 Å². The molecule has 3 heterocycles. The Hall–Kier alpha value is -2.37. The fraction of sp³-hybridized carbons (Fsp3) is 0.238. The summed E-state index contributed by atoms with van der Waals surface area (Å²) in [6.45, 7) is 3.06. The molecule has 0 unspecified atom stereocenters. The van der Waals surface area contributed by atoms with E-state index >= 15 is 0 Å². The molecule has 0 bridgehead atoms. The molecule has 0 saturated carbocycles. The monoisotopic (exact) mass is 396 g/mol. The van der Waals surface area contributed by atoms with Crippen LogP contribution in [0.1, 0.15) is 36.8 Å². The van der Waals surface area contributed by atoms with Crippen LogP contribution in [0.4, 0.5) is 0 Å². The number of benzene rings is 1. The molecule has 4 nitrogen and oxygen atoms in total. The molecule has 2 atom stereocenters. The summed E-state index contributed by atoms with van der Waals surface area (Å²) in [5.41, 5.74) is 3.19. The van der Waals surface area contributed by atoms with Crippen molar-refractivity contribution in [2.24, 2.45) is 0 Å². The minimum atomic E-state index is -0.00177. The van der Waals surface area contributed by atoms with Gasteiger partial charge in [0.1, 0.15) is 0 Å². The Kier molecular flexibility index (Phi) is 5.14. The minimum absolute atomic E-state index is 0.00177. The van der Waals surface area contributed by atoms with Crippen molar-refractivity contribution in [3.8, 4) is 5.69 Å². The molecule has 1 fully saturated rings. The number of nitrogens with one attached hydrogen (secondary N) is 1. The van der Waals surface area contributed by atoms with Gasteiger partial charge in [0.25, 0.3) is 0 Å². The second-order valence-electron chi connectivity index (χ2n) is 6.60. The van der Waals surface area contributed by atoms with E-state index in [1.54, 1.807) is 0 Å². The maximum absolute atomic E-state index is 6.23. The van der Waals surface area contributed by atoms with E-state index in [-0.39, 0.29) is 12.1 Å². The Balaban J connectivity index is 1.81. The van der Waals surface area contributed by atoms with Gasteiger partial charge in [-0.3, -0.25) is 4.98 Å². The molecule has 1 aliphatic rings. The first kappa shape index (κ1) is 18.0. The van der Waals surface area contributed by atoms with Crippen molar-refractivity contribution in [1.82, 2.24) is 19.8 Å². The number of halogens is 1. The minimum Gasteiger partial charge on any atom is -0.352 e. The first-order valence-electron chi connectivity index (χ1n) is 9.10. The van der Waals surface area contributed by atoms with Gasteiger partial charge in [-0.1, -0.05) is 30.7 Å². The molecule has 0 spiro atoms. The lowest BCUT2D eigenvalue weighted by molar-refractivity contribution is 0.309. The molecule has 6 heteroatoms. The van der Waals surface area contributed by atoms with Crippen LogP contribution in [0.15, 0.2) is 67.0 Å². The third-order valence-corrected chi connectivity index (χ3v) is 5.42. The van der Waals surface area contributed by atoms with Crippen molar-refractivity contribution in [2.75, 3.05) is 6.54 Å². The summed E-state index contributed by atoms with van der Waals surface area (Å²) in [5.74, 6) is 0. The zero-order chi connectivity index (χ0) is 18.8. The van der Waals surface area contributed by atoms with Crippen molar-refractivity contribution in [2.45, 2.75) is 25.4 Å². The summed E-state index contributed by atoms with van der Waals surface area (Å²) in [4.78, 5) is 6.86. The largest absolute Gasteiger partial charge is 0.352 e. The predicted octanol–water partition coefficient (Wildman–Crippen LogP) is 4.91. The molecule has 1 saturated heterocycles. The summed E-state index contributed by atoms with van der Waals surface area (Å²) in [6, 6.07) is 18.2. The topological polar surface area (TPSA) is 33.1 Å². The van der Waals surface area contributed by atoms with E-state index in [9.17, 15) is 0 Å². The summed E-state index contributed by atoms with van der Waals surface area (Å²) in [6.07, 6.45) is 4.92. The van der Waals surface area contributed by atoms with Gasteiger partial charge < -0.3 is 14.8 Å². The van der Waals surface area contributed by atoms with Gasteiger partial charge >= 0.3 is 0 Å². The lowest BCUT2D eigenvalue weighted by atomic mass is 10.0. The summed E-state index contributed by atoms with van der Waals surface area (Å²) in [7, 11) is 0. The number of nitrogens with zero attached hydrogens (tertiary/aromatic N) is 3. The normalized spacial score (nSPS) is 19.3. The average molecular weight is 397 g/mol. The molecule has 3 aromatic rings. The highest BCUT2D eigenvalue weighted by atomic mass is 35.5. The molecule has 4 rings (SSSR count). The van der Waals surface area contributed by atoms with Gasteiger partial charge in [-0.15, -0.1) is 0 Å². The number of rotatable bonds is 5. The highest BCUT2D eigenvalue weighted by molar-refractivity contribution is 7.80. The third kappa shape index (κ3) is 3.45. The maximum Gasteiger partial charge on any atom is 0.170 e. The Morgan fingerprint density at radius 3 is 2.78 bits per heavy atom. The SMILES string of the molecule is CCCN1C(=S)N[C@@H](c2ccccn2)[C@H]1c1cccn1-c1cccc(Cl)c1. The number of hydrogen-bond donors (Lipinski definition) is 1. The maximum atomic E-state index is 6.23. The van der Waals surface area contributed by atoms with E-state index in [2.05, 4.69) is 57.2 Å². The molecule has 0 amide bonds. The molecule has 138 valence electrons. The Bertz CT molecular complexity index is 940. The molecule has 1 aliphatic heterocycles. The van der Waals surface area contributed by atoms with Crippen molar-refractivity contribution in [3.63, 3.8) is 0 Å². The highest BCUT2D eigenvalue weighted by Gasteiger charge is 2.40. The van der Waals surface area contributed by atoms with Gasteiger partial charge in [-0.2, -0.15) is 0 Å². The van der Waals surface area contributed by atoms with E-state index in [0.29, 0.717) is 0 Å². The van der Waals surface area contributed by atoms with Crippen LogP contribution in [0, 0.1) is 0 Å². The number of thiocarbonyl (C=S) groups is 1. The van der Waals surface area contributed by atoms with Gasteiger partial charge in [-0.25, -0.2) is 0 Å². The number of pyridine rings is 1. The van der Waals surface area contributed by atoms with Crippen molar-refractivity contribution >= 4 is 28.9 Å². The quantitative estimate of drug-likeness (QED) is 0.621. The van der Waals surface area contributed by atoms with Gasteiger partial charge in [-0.05, 0) is 61.1 Å². The predicted molar refractivity (Wildman–Crippen MR) is 113 cm³/mol. The van der Waals surface area contributed by atoms with Crippen LogP contribution in [-0.2, 0) is 0 Å². The molecule has 1 N–H and O–H groups in total. The third-order valence-electron chi connectivity index (χ3n) is 4.83. The Labute approximate surface area is 169 Å². The van der Waals surface area contributed by atoms with Crippen LogP contribution < -0.4 is 5.32 Å². The lowest BCUT2D eigenvalue weighted by Crippen LogP contribution is -2.31. The summed E-state index contributed by atoms with van der Waals surface area (Å²) in [5, 5.41) is 4.98. The molecule has 1 aromatic carbocycles. The smallest absolute Gasteiger partial charge is 0.170 e. The molecule has 0 aliphatic carbocycles. The molecule has 2 aromatic heterocycles. The first-order chi connectivity index (χ1) is 13.2. The fourth-order valence-electron chi connectivity index (χ4n) is 3.70. The molecule has 27 heavy (non-hydrogen) atoms. The van der Waals surface area contributed by atoms with Gasteiger partial charge in [0.2, 0.25) is 0 Å². The van der Waals surface area contributed by atoms with E-state index < -0.39 is 0 Å². The van der Waals surface area contributed by atoms with Crippen LogP contribution in [0.3, 0.4) is 0 Å². The average Bonchev–Trinajstić information content (AvgIpc) is 3.28. The second-order valence-corrected chi connectivity index (χ2v) is 7.43. The van der Waals surface area contributed by atoms with Gasteiger partial charge in [0.15, 0.2) is 5.11 Å². The molecule has 0 radical (unpaired) electrons. The standard InChI is InChI=1S/C21H21ClN4S/c1-2-12-26-20(19(24-21(26)27)17-9-3-4-11-23-17)18-10-6-13-25(18)16-8-5-7-15(22)14-16/h3-11,13-14,19-20H,2,12H2,1H3,(H,24,27)/t19-,20+/m0/s1. The fourth-order valence-corrected chi connectivity index (χ4v) is 4.22. The lowest BCUT2D eigenvalue weighted by Gasteiger charge is -2.28. The Morgan fingerprint density at radius 1 is 1.15 bits per heavy atom. The van der Waals surface area contributed by atoms with Crippen LogP contribution in [-0.4, -0.2) is 26.1 Å². The van der Waals surface area contributed by atoms with Crippen LogP contribution in [0.2, 0.25) is 5.02 Å². The zero-order valence-corrected chi connectivity index (χ0v) is 16.6. The van der Waals surface area contributed by atoms with Crippen LogP contribution in [0.5, 0.6) is 0 Å². The van der Waals surface area contributed by atoms with E-state index in [1.807, 2.05) is 36.5 Å². The Morgan fingerprint density at radius 2 is 2.04 bits per heavy atom. The van der Waals surface area contributed by atoms with E-state index in [4.69, 9.17) is 23.8 Å². The second kappa shape index (κ2) is 7.71. The summed E-state index contributed by atoms with van der Waals surface area (Å²) >= 11 is 11.9. The van der Waals surface area contributed by atoms with Gasteiger partial charge in [0, 0.05) is 35.3 Å². The van der Waals surface area contributed by atoms with Crippen molar-refractivity contribution in [1.29, 1.82) is 0 Å². The summed E-state index contributed by atoms with van der Waals surface area (Å²) < 4.78 is 2.19. The van der Waals surface area contributed by atoms with Gasteiger partial charge in [0.05, 0.1) is 17.8 Å². The number of aromatic nitrogens is 2. The van der Waals surface area contributed by atoms with Crippen LogP contribution in [0.25, 0.3) is 5.69 Å². The van der Waals surface area contributed by atoms with Crippen LogP contribution >= 0.6 is 23.8 Å². The number of hydrogen-bond acceptors (Lipinski definition) is 2. The first-order valence-corrected chi connectivity index (χ1v) is 9.89. The van der Waals surface area contributed by atoms with Crippen molar-refractivity contribution in [3.05, 3.63) is 83.4 Å².